The number of allylic oxidation sites excluding steroid dienone is 1. The van der Waals surface area contributed by atoms with E-state index in [1.807, 2.05) is 19.1 Å². The number of amides is 2. The number of hydrogen-bond acceptors (Lipinski definition) is 10. The Morgan fingerprint density at radius 3 is 2.13 bits per heavy atom. The second-order valence-corrected chi connectivity index (χ2v) is 13.1. The number of hydrogen-bond donors (Lipinski definition) is 5. The Hall–Kier alpha value is -4.92. The first-order valence-electron chi connectivity index (χ1n) is 17.8. The van der Waals surface area contributed by atoms with Crippen molar-refractivity contribution in [3.63, 3.8) is 0 Å². The normalized spacial score (nSPS) is 17.4. The number of carbonyl (C=O) groups is 2. The molecule has 13 heteroatoms. The molecule has 3 aromatic carbocycles. The van der Waals surface area contributed by atoms with E-state index in [2.05, 4.69) is 58.7 Å². The number of nitro benzene ring substituents is 1. The molecule has 13 nitrogen and oxygen atoms in total. The third-order valence-corrected chi connectivity index (χ3v) is 10.1. The number of hydroxylamine groups is 3. The first-order chi connectivity index (χ1) is 25.2. The highest BCUT2D eigenvalue weighted by atomic mass is 16.6. The van der Waals surface area contributed by atoms with Crippen LogP contribution in [0.15, 0.2) is 107 Å². The first-order valence-corrected chi connectivity index (χ1v) is 17.8. The molecule has 52 heavy (non-hydrogen) atoms. The zero-order chi connectivity index (χ0) is 37.1. The van der Waals surface area contributed by atoms with Crippen LogP contribution in [-0.2, 0) is 19.7 Å². The van der Waals surface area contributed by atoms with E-state index in [0.717, 1.165) is 25.9 Å². The van der Waals surface area contributed by atoms with Gasteiger partial charge in [-0.2, -0.15) is 0 Å². The Morgan fingerprint density at radius 2 is 1.60 bits per heavy atom. The Bertz CT molecular complexity index is 1700. The number of nitrogens with two attached hydrogens (primary N) is 1. The molecule has 0 spiro atoms. The Balaban J connectivity index is 1.35. The minimum atomic E-state index is -1.08. The van der Waals surface area contributed by atoms with Crippen LogP contribution in [0.3, 0.4) is 0 Å². The van der Waals surface area contributed by atoms with Crippen molar-refractivity contribution >= 4 is 17.5 Å². The lowest BCUT2D eigenvalue weighted by Crippen LogP contribution is -2.44. The average Bonchev–Trinajstić information content (AvgIpc) is 3.19. The molecule has 0 aliphatic carbocycles. The molecule has 6 N–H and O–H groups in total. The summed E-state index contributed by atoms with van der Waals surface area (Å²) in [4.78, 5) is 40.7. The highest BCUT2D eigenvalue weighted by Gasteiger charge is 2.40. The maximum absolute atomic E-state index is 14.3. The summed E-state index contributed by atoms with van der Waals surface area (Å²) in [6.07, 6.45) is 3.24. The van der Waals surface area contributed by atoms with Crippen molar-refractivity contribution in [2.75, 3.05) is 45.9 Å². The second-order valence-electron chi connectivity index (χ2n) is 13.1. The minimum Gasteiger partial charge on any atom is -0.375 e. The van der Waals surface area contributed by atoms with Gasteiger partial charge in [0.15, 0.2) is 0 Å². The molecule has 3 aromatic rings. The van der Waals surface area contributed by atoms with E-state index in [-0.39, 0.29) is 35.4 Å². The number of likely N-dealkylation sites (tertiary alicyclic amines) is 1. The maximum atomic E-state index is 14.3. The van der Waals surface area contributed by atoms with E-state index >= 15 is 0 Å². The monoisotopic (exact) mass is 712 g/mol. The number of dihydropyridines is 1. The lowest BCUT2D eigenvalue weighted by Gasteiger charge is -2.43. The van der Waals surface area contributed by atoms with Crippen LogP contribution in [0, 0.1) is 10.1 Å². The van der Waals surface area contributed by atoms with Gasteiger partial charge in [0.25, 0.3) is 17.5 Å². The lowest BCUT2D eigenvalue weighted by molar-refractivity contribution is -0.384. The molecule has 1 atom stereocenters. The van der Waals surface area contributed by atoms with Gasteiger partial charge in [-0.3, -0.25) is 30.1 Å². The number of rotatable bonds is 16. The van der Waals surface area contributed by atoms with Crippen LogP contribution in [0.2, 0.25) is 0 Å². The maximum Gasteiger partial charge on any atom is 0.275 e. The molecule has 0 radical (unpaired) electrons. The third kappa shape index (κ3) is 8.57. The van der Waals surface area contributed by atoms with E-state index in [4.69, 9.17) is 10.5 Å². The van der Waals surface area contributed by atoms with Crippen molar-refractivity contribution < 1.29 is 29.7 Å². The number of nitrogens with one attached hydrogen (secondary N) is 2. The highest BCUT2D eigenvalue weighted by Crippen LogP contribution is 2.42. The Morgan fingerprint density at radius 1 is 0.981 bits per heavy atom. The number of benzene rings is 3. The van der Waals surface area contributed by atoms with Crippen LogP contribution in [0.4, 0.5) is 5.69 Å². The van der Waals surface area contributed by atoms with E-state index in [9.17, 15) is 30.1 Å². The summed E-state index contributed by atoms with van der Waals surface area (Å²) >= 11 is 0. The standard InChI is InChI=1S/C39H48N6O7/c1-2-32-35(37(46)42-48)34(28-15-17-31(18-16-28)45(50)51)36(33(41-32)27-52-26-9-21-40)38(47)44(49)23-10-22-43-24-19-39(20-25-43,29-11-5-3-6-12-29)30-13-7-4-8-14-30/h3-8,11-18,34,41,48-49H,2,9-10,19-27,40H2,1H3,(H,42,46). The summed E-state index contributed by atoms with van der Waals surface area (Å²) in [5.74, 6) is -2.68. The molecule has 2 aliphatic rings. The zero-order valence-electron chi connectivity index (χ0n) is 29.5. The van der Waals surface area contributed by atoms with Gasteiger partial charge in [0.1, 0.15) is 0 Å². The molecule has 2 aliphatic heterocycles. The molecular formula is C39H48N6O7. The van der Waals surface area contributed by atoms with Crippen LogP contribution >= 0.6 is 0 Å². The molecule has 2 heterocycles. The SMILES string of the molecule is CCC1=C(C(=O)NO)C(c2ccc([N+](=O)[O-])cc2)C(C(=O)N(O)CCCN2CCC(c3ccccc3)(c3ccccc3)CC2)=C(COCCCN)N1. The molecule has 1 saturated heterocycles. The molecule has 2 amide bonds. The van der Waals surface area contributed by atoms with Gasteiger partial charge in [-0.1, -0.05) is 79.7 Å². The summed E-state index contributed by atoms with van der Waals surface area (Å²) in [6.45, 7) is 4.84. The Kier molecular flexibility index (Phi) is 13.3. The quantitative estimate of drug-likeness (QED) is 0.0601. The summed E-state index contributed by atoms with van der Waals surface area (Å²) in [5.41, 5.74) is 10.9. The van der Waals surface area contributed by atoms with Gasteiger partial charge in [0, 0.05) is 42.3 Å². The van der Waals surface area contributed by atoms with Gasteiger partial charge in [-0.05, 0) is 75.0 Å². The van der Waals surface area contributed by atoms with Crippen molar-refractivity contribution in [3.05, 3.63) is 134 Å². The van der Waals surface area contributed by atoms with Gasteiger partial charge in [-0.15, -0.1) is 0 Å². The number of non-ortho nitro benzene ring substituents is 1. The molecule has 1 unspecified atom stereocenters. The molecular weight excluding hydrogens is 664 g/mol. The molecule has 0 aromatic heterocycles. The van der Waals surface area contributed by atoms with Crippen molar-refractivity contribution in [1.29, 1.82) is 0 Å². The molecule has 5 rings (SSSR count). The summed E-state index contributed by atoms with van der Waals surface area (Å²) in [7, 11) is 0. The number of piperidine rings is 1. The third-order valence-electron chi connectivity index (χ3n) is 10.1. The van der Waals surface area contributed by atoms with Crippen molar-refractivity contribution in [2.24, 2.45) is 5.73 Å². The molecule has 276 valence electrons. The fraction of sp³-hybridized carbons (Fsp3) is 0.385. The summed E-state index contributed by atoms with van der Waals surface area (Å²) in [6, 6.07) is 26.7. The fourth-order valence-corrected chi connectivity index (χ4v) is 7.37. The average molecular weight is 713 g/mol. The van der Waals surface area contributed by atoms with Crippen molar-refractivity contribution in [3.8, 4) is 0 Å². The van der Waals surface area contributed by atoms with Crippen LogP contribution < -0.4 is 16.5 Å². The summed E-state index contributed by atoms with van der Waals surface area (Å²) in [5, 5.41) is 36.3. The van der Waals surface area contributed by atoms with Crippen LogP contribution in [0.5, 0.6) is 0 Å². The topological polar surface area (TPSA) is 184 Å². The van der Waals surface area contributed by atoms with E-state index in [1.165, 1.54) is 35.4 Å². The fourth-order valence-electron chi connectivity index (χ4n) is 7.37. The zero-order valence-corrected chi connectivity index (χ0v) is 29.5. The van der Waals surface area contributed by atoms with Crippen molar-refractivity contribution in [2.45, 2.75) is 50.4 Å². The van der Waals surface area contributed by atoms with Crippen molar-refractivity contribution in [1.82, 2.24) is 20.8 Å². The van der Waals surface area contributed by atoms with E-state index < -0.39 is 22.7 Å². The largest absolute Gasteiger partial charge is 0.375 e. The first kappa shape index (κ1) is 38.3. The molecule has 1 fully saturated rings. The van der Waals surface area contributed by atoms with Gasteiger partial charge >= 0.3 is 0 Å². The smallest absolute Gasteiger partial charge is 0.275 e. The van der Waals surface area contributed by atoms with E-state index in [1.54, 1.807) is 5.48 Å². The van der Waals surface area contributed by atoms with Gasteiger partial charge in [0.05, 0.1) is 28.4 Å². The molecule has 0 saturated carbocycles. The minimum absolute atomic E-state index is 0.0154. The Labute approximate surface area is 303 Å². The number of carbonyl (C=O) groups excluding carboxylic acids is 2. The highest BCUT2D eigenvalue weighted by molar-refractivity contribution is 6.03. The van der Waals surface area contributed by atoms with Gasteiger partial charge < -0.3 is 20.7 Å². The number of ether oxygens (including phenoxy) is 1. The van der Waals surface area contributed by atoms with E-state index in [0.29, 0.717) is 61.0 Å². The van der Waals surface area contributed by atoms with Crippen LogP contribution in [-0.4, -0.2) is 83.1 Å². The van der Waals surface area contributed by atoms with Crippen LogP contribution in [0.1, 0.15) is 61.6 Å². The van der Waals surface area contributed by atoms with Gasteiger partial charge in [0.2, 0.25) is 0 Å². The molecule has 0 bridgehead atoms. The van der Waals surface area contributed by atoms with Crippen LogP contribution in [0.25, 0.3) is 0 Å². The summed E-state index contributed by atoms with van der Waals surface area (Å²) < 4.78 is 5.84. The van der Waals surface area contributed by atoms with Gasteiger partial charge in [-0.25, -0.2) is 10.5 Å². The lowest BCUT2D eigenvalue weighted by atomic mass is 9.68. The second kappa shape index (κ2) is 18.0. The number of nitro groups is 1. The number of nitrogens with zero attached hydrogens (tertiary/aromatic N) is 3. The predicted octanol–water partition coefficient (Wildman–Crippen LogP) is 4.76. The predicted molar refractivity (Wildman–Crippen MR) is 195 cm³/mol.